The van der Waals surface area contributed by atoms with Crippen molar-refractivity contribution in [2.45, 2.75) is 51.5 Å². The highest BCUT2D eigenvalue weighted by molar-refractivity contribution is 5.97. The number of ketones is 1. The van der Waals surface area contributed by atoms with E-state index in [4.69, 9.17) is 0 Å². The summed E-state index contributed by atoms with van der Waals surface area (Å²) in [6.07, 6.45) is 6.93. The van der Waals surface area contributed by atoms with E-state index < -0.39 is 6.04 Å². The van der Waals surface area contributed by atoms with Gasteiger partial charge in [0.1, 0.15) is 11.8 Å². The Kier molecular flexibility index (Phi) is 8.86. The van der Waals surface area contributed by atoms with Gasteiger partial charge in [-0.3, -0.25) is 14.7 Å². The first-order chi connectivity index (χ1) is 18.0. The average Bonchev–Trinajstić information content (AvgIpc) is 3.57. The minimum absolute atomic E-state index is 0.162. The van der Waals surface area contributed by atoms with Gasteiger partial charge in [-0.25, -0.2) is 0 Å². The van der Waals surface area contributed by atoms with E-state index >= 15 is 0 Å². The van der Waals surface area contributed by atoms with Crippen molar-refractivity contribution in [3.8, 4) is 11.3 Å². The van der Waals surface area contributed by atoms with Crippen molar-refractivity contribution in [1.29, 1.82) is 0 Å². The second-order valence-corrected chi connectivity index (χ2v) is 9.25. The average molecular weight is 500 g/mol. The molecule has 0 radical (unpaired) electrons. The molecule has 2 aromatic heterocycles. The summed E-state index contributed by atoms with van der Waals surface area (Å²) in [5, 5.41) is 13.4. The molecule has 0 aliphatic heterocycles. The van der Waals surface area contributed by atoms with Crippen LogP contribution < -0.4 is 10.6 Å². The van der Waals surface area contributed by atoms with Crippen molar-refractivity contribution in [3.63, 3.8) is 0 Å². The molecule has 2 heterocycles. The zero-order chi connectivity index (χ0) is 26.0. The van der Waals surface area contributed by atoms with Crippen LogP contribution in [-0.2, 0) is 16.0 Å². The third-order valence-corrected chi connectivity index (χ3v) is 6.45. The molecule has 0 aliphatic rings. The number of aromatic amines is 2. The summed E-state index contributed by atoms with van der Waals surface area (Å²) in [6.45, 7) is 2.02. The summed E-state index contributed by atoms with van der Waals surface area (Å²) < 4.78 is 0. The van der Waals surface area contributed by atoms with Crippen molar-refractivity contribution in [3.05, 3.63) is 78.1 Å². The third kappa shape index (κ3) is 6.94. The van der Waals surface area contributed by atoms with Crippen LogP contribution >= 0.6 is 0 Å². The van der Waals surface area contributed by atoms with E-state index in [0.29, 0.717) is 31.4 Å². The SMILES string of the molecule is CC(=O)CCCCC[C@H](NC(=O)c1cn[nH]c1)C(=O)NCCc1c(-c2ccccc2)[nH]c2ccccc12. The normalized spacial score (nSPS) is 11.8. The number of amides is 2. The number of Topliss-reactive ketones (excluding diaryl/α,β-unsaturated/α-hetero) is 1. The van der Waals surface area contributed by atoms with Gasteiger partial charge in [0.15, 0.2) is 0 Å². The number of aromatic nitrogens is 3. The zero-order valence-electron chi connectivity index (χ0n) is 21.0. The lowest BCUT2D eigenvalue weighted by molar-refractivity contribution is -0.123. The molecule has 0 aliphatic carbocycles. The summed E-state index contributed by atoms with van der Waals surface area (Å²) in [5.74, 6) is -0.403. The first kappa shape index (κ1) is 25.9. The summed E-state index contributed by atoms with van der Waals surface area (Å²) in [7, 11) is 0. The molecule has 0 saturated heterocycles. The summed E-state index contributed by atoms with van der Waals surface area (Å²) >= 11 is 0. The monoisotopic (exact) mass is 499 g/mol. The Hall–Kier alpha value is -4.20. The lowest BCUT2D eigenvalue weighted by Crippen LogP contribution is -2.47. The smallest absolute Gasteiger partial charge is 0.255 e. The number of fused-ring (bicyclic) bond motifs is 1. The molecule has 4 N–H and O–H groups in total. The first-order valence-corrected chi connectivity index (χ1v) is 12.7. The first-order valence-electron chi connectivity index (χ1n) is 12.7. The van der Waals surface area contributed by atoms with Gasteiger partial charge >= 0.3 is 0 Å². The van der Waals surface area contributed by atoms with Gasteiger partial charge in [-0.2, -0.15) is 5.10 Å². The van der Waals surface area contributed by atoms with Crippen molar-refractivity contribution in [1.82, 2.24) is 25.8 Å². The fourth-order valence-corrected chi connectivity index (χ4v) is 4.53. The fraction of sp³-hybridized carbons (Fsp3) is 0.310. The molecule has 37 heavy (non-hydrogen) atoms. The number of H-pyrrole nitrogens is 2. The van der Waals surface area contributed by atoms with Crippen LogP contribution in [0.2, 0.25) is 0 Å². The van der Waals surface area contributed by atoms with Crippen LogP contribution in [0.4, 0.5) is 0 Å². The molecule has 4 aromatic rings. The maximum absolute atomic E-state index is 13.2. The largest absolute Gasteiger partial charge is 0.354 e. The van der Waals surface area contributed by atoms with Crippen molar-refractivity contribution >= 4 is 28.5 Å². The molecule has 8 nitrogen and oxygen atoms in total. The van der Waals surface area contributed by atoms with Crippen molar-refractivity contribution in [2.75, 3.05) is 6.54 Å². The van der Waals surface area contributed by atoms with E-state index in [-0.39, 0.29) is 17.6 Å². The highest BCUT2D eigenvalue weighted by atomic mass is 16.2. The summed E-state index contributed by atoms with van der Waals surface area (Å²) in [4.78, 5) is 40.5. The number of nitrogens with one attached hydrogen (secondary N) is 4. The fourth-order valence-electron chi connectivity index (χ4n) is 4.53. The number of nitrogens with zero attached hydrogens (tertiary/aromatic N) is 1. The predicted molar refractivity (Wildman–Crippen MR) is 144 cm³/mol. The molecular weight excluding hydrogens is 466 g/mol. The highest BCUT2D eigenvalue weighted by Gasteiger charge is 2.22. The van der Waals surface area contributed by atoms with E-state index in [9.17, 15) is 14.4 Å². The van der Waals surface area contributed by atoms with Crippen molar-refractivity contribution < 1.29 is 14.4 Å². The third-order valence-electron chi connectivity index (χ3n) is 6.45. The van der Waals surface area contributed by atoms with Crippen molar-refractivity contribution in [2.24, 2.45) is 0 Å². The number of carbonyl (C=O) groups excluding carboxylic acids is 3. The Labute approximate surface area is 216 Å². The number of hydrogen-bond donors (Lipinski definition) is 4. The molecule has 192 valence electrons. The maximum Gasteiger partial charge on any atom is 0.255 e. The molecule has 1 atom stereocenters. The van der Waals surface area contributed by atoms with Crippen LogP contribution in [0.25, 0.3) is 22.2 Å². The van der Waals surface area contributed by atoms with Crippen LogP contribution in [0, 0.1) is 0 Å². The van der Waals surface area contributed by atoms with Gasteiger partial charge in [0.25, 0.3) is 5.91 Å². The number of hydrogen-bond acceptors (Lipinski definition) is 4. The highest BCUT2D eigenvalue weighted by Crippen LogP contribution is 2.30. The second-order valence-electron chi connectivity index (χ2n) is 9.25. The number of carbonyl (C=O) groups is 3. The number of para-hydroxylation sites is 1. The topological polar surface area (TPSA) is 120 Å². The van der Waals surface area contributed by atoms with E-state index in [2.05, 4.69) is 50.1 Å². The number of unbranched alkanes of at least 4 members (excludes halogenated alkanes) is 2. The van der Waals surface area contributed by atoms with E-state index in [0.717, 1.165) is 47.0 Å². The van der Waals surface area contributed by atoms with Gasteiger partial charge in [-0.05, 0) is 43.4 Å². The lowest BCUT2D eigenvalue weighted by Gasteiger charge is -2.18. The molecule has 0 fully saturated rings. The van der Waals surface area contributed by atoms with Crippen LogP contribution in [0.3, 0.4) is 0 Å². The molecular formula is C29H33N5O3. The lowest BCUT2D eigenvalue weighted by atomic mass is 10.0. The molecule has 8 heteroatoms. The van der Waals surface area contributed by atoms with Gasteiger partial charge in [-0.1, -0.05) is 61.4 Å². The Balaban J connectivity index is 1.42. The molecule has 0 saturated carbocycles. The predicted octanol–water partition coefficient (Wildman–Crippen LogP) is 4.55. The maximum atomic E-state index is 13.2. The van der Waals surface area contributed by atoms with Crippen LogP contribution in [0.5, 0.6) is 0 Å². The minimum atomic E-state index is -0.670. The molecule has 0 spiro atoms. The van der Waals surface area contributed by atoms with Crippen LogP contribution in [0.1, 0.15) is 54.9 Å². The van der Waals surface area contributed by atoms with Crippen LogP contribution in [-0.4, -0.2) is 45.4 Å². The van der Waals surface area contributed by atoms with Gasteiger partial charge in [0, 0.05) is 35.8 Å². The van der Waals surface area contributed by atoms with Gasteiger partial charge < -0.3 is 20.4 Å². The Bertz CT molecular complexity index is 1330. The van der Waals surface area contributed by atoms with Crippen LogP contribution in [0.15, 0.2) is 67.0 Å². The number of benzene rings is 2. The van der Waals surface area contributed by atoms with Gasteiger partial charge in [0.2, 0.25) is 5.91 Å². The minimum Gasteiger partial charge on any atom is -0.354 e. The standard InChI is InChI=1S/C29H33N5O3/c1-20(35)10-4-2-7-15-26(34-28(36)22-18-31-32-19-22)29(37)30-17-16-24-23-13-8-9-14-25(23)33-27(24)21-11-5-3-6-12-21/h3,5-6,8-9,11-14,18-19,26,33H,2,4,7,10,15-17H2,1H3,(H,30,37)(H,31,32)(H,34,36)/t26-/m0/s1. The summed E-state index contributed by atoms with van der Waals surface area (Å²) in [6, 6.07) is 17.6. The quantitative estimate of drug-likeness (QED) is 0.202. The number of rotatable bonds is 13. The molecule has 2 aromatic carbocycles. The molecule has 0 bridgehead atoms. The van der Waals surface area contributed by atoms with E-state index in [1.807, 2.05) is 30.3 Å². The molecule has 4 rings (SSSR count). The second kappa shape index (κ2) is 12.7. The van der Waals surface area contributed by atoms with E-state index in [1.54, 1.807) is 6.92 Å². The zero-order valence-corrected chi connectivity index (χ0v) is 21.0. The Morgan fingerprint density at radius 3 is 2.51 bits per heavy atom. The Morgan fingerprint density at radius 1 is 0.973 bits per heavy atom. The Morgan fingerprint density at radius 2 is 1.76 bits per heavy atom. The van der Waals surface area contributed by atoms with E-state index in [1.165, 1.54) is 12.4 Å². The molecule has 2 amide bonds. The van der Waals surface area contributed by atoms with Gasteiger partial charge in [-0.15, -0.1) is 0 Å². The van der Waals surface area contributed by atoms with Gasteiger partial charge in [0.05, 0.1) is 11.8 Å². The molecule has 0 unspecified atom stereocenters. The summed E-state index contributed by atoms with van der Waals surface area (Å²) in [5.41, 5.74) is 4.71.